The van der Waals surface area contributed by atoms with Crippen LogP contribution in [0.4, 0.5) is 17.6 Å². The normalized spacial score (nSPS) is 15.1. The van der Waals surface area contributed by atoms with Crippen molar-refractivity contribution in [2.45, 2.75) is 31.7 Å². The van der Waals surface area contributed by atoms with Gasteiger partial charge in [-0.3, -0.25) is 4.79 Å². The molecule has 2 aromatic rings. The maximum atomic E-state index is 14.3. The minimum absolute atomic E-state index is 0.00326. The summed E-state index contributed by atoms with van der Waals surface area (Å²) in [6, 6.07) is 5.20. The van der Waals surface area contributed by atoms with Gasteiger partial charge in [0.15, 0.2) is 0 Å². The van der Waals surface area contributed by atoms with E-state index >= 15 is 0 Å². The van der Waals surface area contributed by atoms with Gasteiger partial charge in [0.05, 0.1) is 15.6 Å². The molecule has 0 unspecified atom stereocenters. The Balaban J connectivity index is 1.78. The molecular formula is C18H13Cl2F4NO3. The van der Waals surface area contributed by atoms with E-state index in [0.717, 1.165) is 43.2 Å². The zero-order valence-corrected chi connectivity index (χ0v) is 15.8. The van der Waals surface area contributed by atoms with E-state index in [0.29, 0.717) is 0 Å². The minimum Gasteiger partial charge on any atom is -0.456 e. The second-order valence-corrected chi connectivity index (χ2v) is 7.33. The third-order valence-corrected chi connectivity index (χ3v) is 4.63. The van der Waals surface area contributed by atoms with Gasteiger partial charge >= 0.3 is 6.36 Å². The quantitative estimate of drug-likeness (QED) is 0.574. The molecule has 10 heteroatoms. The van der Waals surface area contributed by atoms with Crippen LogP contribution in [0.25, 0.3) is 0 Å². The molecule has 0 bridgehead atoms. The van der Waals surface area contributed by atoms with Crippen molar-refractivity contribution >= 4 is 29.1 Å². The van der Waals surface area contributed by atoms with Crippen molar-refractivity contribution < 1.29 is 31.8 Å². The maximum Gasteiger partial charge on any atom is 0.573 e. The first-order chi connectivity index (χ1) is 13.0. The summed E-state index contributed by atoms with van der Waals surface area (Å²) in [4.78, 5) is 12.2. The second kappa shape index (κ2) is 7.33. The Morgan fingerprint density at radius 3 is 2.32 bits per heavy atom. The van der Waals surface area contributed by atoms with Gasteiger partial charge in [0.25, 0.3) is 5.91 Å². The third kappa shape index (κ3) is 4.99. The second-order valence-electron chi connectivity index (χ2n) is 6.52. The van der Waals surface area contributed by atoms with Gasteiger partial charge in [-0.1, -0.05) is 23.2 Å². The van der Waals surface area contributed by atoms with Crippen LogP contribution in [-0.2, 0) is 0 Å². The molecule has 1 aliphatic carbocycles. The molecule has 2 aromatic carbocycles. The standard InChI is InChI=1S/C18H13Cl2F4NO3/c1-17(4-5-17)25-16(26)10-7-12(20)15(8-13(10)21)27-9-2-3-14(11(19)6-9)28-18(22,23)24/h2-3,6-8H,4-5H2,1H3,(H,25,26). The lowest BCUT2D eigenvalue weighted by atomic mass is 10.1. The lowest BCUT2D eigenvalue weighted by Crippen LogP contribution is -2.34. The van der Waals surface area contributed by atoms with E-state index in [2.05, 4.69) is 10.1 Å². The number of amides is 1. The molecule has 1 fully saturated rings. The van der Waals surface area contributed by atoms with Gasteiger partial charge in [0.2, 0.25) is 0 Å². The first-order valence-corrected chi connectivity index (χ1v) is 8.76. The third-order valence-electron chi connectivity index (χ3n) is 4.04. The van der Waals surface area contributed by atoms with Crippen molar-refractivity contribution in [2.75, 3.05) is 0 Å². The van der Waals surface area contributed by atoms with Crippen molar-refractivity contribution in [3.63, 3.8) is 0 Å². The molecule has 1 amide bonds. The molecule has 28 heavy (non-hydrogen) atoms. The van der Waals surface area contributed by atoms with Crippen molar-refractivity contribution in [3.8, 4) is 17.2 Å². The van der Waals surface area contributed by atoms with Gasteiger partial charge in [0.1, 0.15) is 23.1 Å². The number of rotatable bonds is 5. The van der Waals surface area contributed by atoms with Gasteiger partial charge in [0, 0.05) is 17.7 Å². The van der Waals surface area contributed by atoms with E-state index in [4.69, 9.17) is 27.9 Å². The van der Waals surface area contributed by atoms with Gasteiger partial charge in [-0.15, -0.1) is 13.2 Å². The summed E-state index contributed by atoms with van der Waals surface area (Å²) in [7, 11) is 0. The number of carbonyl (C=O) groups excluding carboxylic acids is 1. The Hall–Kier alpha value is -2.19. The molecule has 4 nitrogen and oxygen atoms in total. The zero-order valence-electron chi connectivity index (χ0n) is 14.3. The van der Waals surface area contributed by atoms with Gasteiger partial charge in [-0.2, -0.15) is 0 Å². The van der Waals surface area contributed by atoms with E-state index in [-0.39, 0.29) is 32.6 Å². The lowest BCUT2D eigenvalue weighted by molar-refractivity contribution is -0.274. The largest absolute Gasteiger partial charge is 0.573 e. The highest BCUT2D eigenvalue weighted by atomic mass is 35.5. The Kier molecular flexibility index (Phi) is 5.38. The fourth-order valence-corrected chi connectivity index (χ4v) is 2.73. The summed E-state index contributed by atoms with van der Waals surface area (Å²) in [6.07, 6.45) is -3.28. The number of hydrogen-bond acceptors (Lipinski definition) is 3. The predicted octanol–water partition coefficient (Wildman–Crippen LogP) is 6.11. The first-order valence-electron chi connectivity index (χ1n) is 8.00. The molecule has 1 aliphatic rings. The van der Waals surface area contributed by atoms with E-state index in [1.807, 2.05) is 6.92 Å². The number of nitrogens with one attached hydrogen (secondary N) is 1. The fraction of sp³-hybridized carbons (Fsp3) is 0.278. The zero-order chi connectivity index (χ0) is 20.7. The topological polar surface area (TPSA) is 47.6 Å². The van der Waals surface area contributed by atoms with Gasteiger partial charge in [-0.05, 0) is 38.0 Å². The number of alkyl halides is 3. The summed E-state index contributed by atoms with van der Waals surface area (Å²) < 4.78 is 60.3. The Labute approximate surface area is 167 Å². The first kappa shape index (κ1) is 20.5. The number of halogens is 6. The molecule has 3 rings (SSSR count). The summed E-state index contributed by atoms with van der Waals surface area (Å²) in [5, 5.41) is 2.30. The summed E-state index contributed by atoms with van der Waals surface area (Å²) in [5.74, 6) is -2.19. The SMILES string of the molecule is CC1(NC(=O)c2cc(Cl)c(Oc3ccc(OC(F)(F)F)c(Cl)c3)cc2F)CC1. The highest BCUT2D eigenvalue weighted by Gasteiger charge is 2.39. The van der Waals surface area contributed by atoms with E-state index in [1.165, 1.54) is 0 Å². The number of benzene rings is 2. The smallest absolute Gasteiger partial charge is 0.456 e. The van der Waals surface area contributed by atoms with Gasteiger partial charge < -0.3 is 14.8 Å². The molecule has 0 heterocycles. The van der Waals surface area contributed by atoms with E-state index in [9.17, 15) is 22.4 Å². The number of ether oxygens (including phenoxy) is 2. The fourth-order valence-electron chi connectivity index (χ4n) is 2.31. The molecule has 1 N–H and O–H groups in total. The summed E-state index contributed by atoms with van der Waals surface area (Å²) in [6.45, 7) is 1.85. The maximum absolute atomic E-state index is 14.3. The van der Waals surface area contributed by atoms with Crippen LogP contribution in [0.1, 0.15) is 30.1 Å². The molecular weight excluding hydrogens is 425 g/mol. The van der Waals surface area contributed by atoms with Crippen LogP contribution < -0.4 is 14.8 Å². The Bertz CT molecular complexity index is 930. The van der Waals surface area contributed by atoms with Crippen LogP contribution in [0, 0.1) is 5.82 Å². The Morgan fingerprint density at radius 2 is 1.75 bits per heavy atom. The summed E-state index contributed by atoms with van der Waals surface area (Å²) >= 11 is 11.8. The molecule has 0 spiro atoms. The van der Waals surface area contributed by atoms with Crippen molar-refractivity contribution in [1.82, 2.24) is 5.32 Å². The lowest BCUT2D eigenvalue weighted by Gasteiger charge is -2.14. The van der Waals surface area contributed by atoms with Crippen LogP contribution in [0.5, 0.6) is 17.2 Å². The number of carbonyl (C=O) groups is 1. The van der Waals surface area contributed by atoms with E-state index in [1.54, 1.807) is 0 Å². The van der Waals surface area contributed by atoms with Crippen molar-refractivity contribution in [1.29, 1.82) is 0 Å². The molecule has 0 aromatic heterocycles. The van der Waals surface area contributed by atoms with Crippen LogP contribution in [0.2, 0.25) is 10.0 Å². The molecule has 150 valence electrons. The highest BCUT2D eigenvalue weighted by Crippen LogP contribution is 2.38. The van der Waals surface area contributed by atoms with Crippen LogP contribution in [0.15, 0.2) is 30.3 Å². The van der Waals surface area contributed by atoms with Crippen LogP contribution in [0.3, 0.4) is 0 Å². The number of hydrogen-bond donors (Lipinski definition) is 1. The monoisotopic (exact) mass is 437 g/mol. The average molecular weight is 438 g/mol. The van der Waals surface area contributed by atoms with Crippen molar-refractivity contribution in [2.24, 2.45) is 0 Å². The molecule has 0 atom stereocenters. The Morgan fingerprint density at radius 1 is 1.11 bits per heavy atom. The highest BCUT2D eigenvalue weighted by molar-refractivity contribution is 6.32. The minimum atomic E-state index is -4.90. The van der Waals surface area contributed by atoms with Crippen LogP contribution in [-0.4, -0.2) is 17.8 Å². The molecule has 1 saturated carbocycles. The van der Waals surface area contributed by atoms with Crippen LogP contribution >= 0.6 is 23.2 Å². The van der Waals surface area contributed by atoms with Crippen molar-refractivity contribution in [3.05, 3.63) is 51.8 Å². The molecule has 0 aliphatic heterocycles. The predicted molar refractivity (Wildman–Crippen MR) is 94.7 cm³/mol. The molecule has 0 radical (unpaired) electrons. The summed E-state index contributed by atoms with van der Waals surface area (Å²) in [5.41, 5.74) is -0.570. The molecule has 0 saturated heterocycles. The van der Waals surface area contributed by atoms with E-state index < -0.39 is 23.8 Å². The van der Waals surface area contributed by atoms with Gasteiger partial charge in [-0.25, -0.2) is 4.39 Å². The average Bonchev–Trinajstić information content (AvgIpc) is 3.29.